The molecule has 1 amide bonds. The standard InChI is InChI=1S/C16H19Cl2NO2/c1-2-16(21)19(9-11-3-6-14(20)7-11)10-12-4-5-13(17)8-15(12)18/h2,4-5,8,11,14,20H,1,3,6-7,9-10H2. The summed E-state index contributed by atoms with van der Waals surface area (Å²) in [5, 5.41) is 10.7. The van der Waals surface area contributed by atoms with Crippen molar-refractivity contribution in [1.82, 2.24) is 4.90 Å². The Morgan fingerprint density at radius 1 is 1.43 bits per heavy atom. The quantitative estimate of drug-likeness (QED) is 0.838. The third-order valence-electron chi connectivity index (χ3n) is 3.85. The van der Waals surface area contributed by atoms with Crippen LogP contribution in [0.4, 0.5) is 0 Å². The lowest BCUT2D eigenvalue weighted by Gasteiger charge is -2.25. The lowest BCUT2D eigenvalue weighted by molar-refractivity contribution is -0.127. The molecule has 1 aromatic rings. The summed E-state index contributed by atoms with van der Waals surface area (Å²) < 4.78 is 0. The van der Waals surface area contributed by atoms with E-state index in [-0.39, 0.29) is 12.0 Å². The van der Waals surface area contributed by atoms with Crippen LogP contribution in [-0.2, 0) is 11.3 Å². The number of nitrogens with zero attached hydrogens (tertiary/aromatic N) is 1. The first kappa shape index (κ1) is 16.3. The SMILES string of the molecule is C=CC(=O)N(Cc1ccc(Cl)cc1Cl)CC1CCC(O)C1. The van der Waals surface area contributed by atoms with Crippen molar-refractivity contribution in [3.05, 3.63) is 46.5 Å². The highest BCUT2D eigenvalue weighted by atomic mass is 35.5. The zero-order valence-electron chi connectivity index (χ0n) is 11.8. The lowest BCUT2D eigenvalue weighted by atomic mass is 10.1. The van der Waals surface area contributed by atoms with Crippen LogP contribution in [-0.4, -0.2) is 28.6 Å². The molecule has 0 bridgehead atoms. The maximum absolute atomic E-state index is 12.0. The van der Waals surface area contributed by atoms with Gasteiger partial charge in [0, 0.05) is 23.1 Å². The number of aliphatic hydroxyl groups is 1. The summed E-state index contributed by atoms with van der Waals surface area (Å²) in [5.41, 5.74) is 0.856. The van der Waals surface area contributed by atoms with Gasteiger partial charge in [0.1, 0.15) is 0 Å². The van der Waals surface area contributed by atoms with Gasteiger partial charge in [0.15, 0.2) is 0 Å². The minimum atomic E-state index is -0.241. The van der Waals surface area contributed by atoms with Gasteiger partial charge in [0.05, 0.1) is 6.10 Å². The fraction of sp³-hybridized carbons (Fsp3) is 0.438. The number of hydrogen-bond acceptors (Lipinski definition) is 2. The summed E-state index contributed by atoms with van der Waals surface area (Å²) in [7, 11) is 0. The van der Waals surface area contributed by atoms with E-state index >= 15 is 0 Å². The number of benzene rings is 1. The van der Waals surface area contributed by atoms with Crippen molar-refractivity contribution in [2.45, 2.75) is 31.9 Å². The average Bonchev–Trinajstić information content (AvgIpc) is 2.85. The topological polar surface area (TPSA) is 40.5 Å². The Hall–Kier alpha value is -1.03. The minimum absolute atomic E-state index is 0.123. The van der Waals surface area contributed by atoms with Crippen LogP contribution in [0.25, 0.3) is 0 Å². The molecular weight excluding hydrogens is 309 g/mol. The van der Waals surface area contributed by atoms with Crippen LogP contribution < -0.4 is 0 Å². The zero-order valence-corrected chi connectivity index (χ0v) is 13.3. The van der Waals surface area contributed by atoms with E-state index in [9.17, 15) is 9.90 Å². The number of carbonyl (C=O) groups excluding carboxylic acids is 1. The van der Waals surface area contributed by atoms with Crippen molar-refractivity contribution >= 4 is 29.1 Å². The highest BCUT2D eigenvalue weighted by molar-refractivity contribution is 6.35. The van der Waals surface area contributed by atoms with Crippen molar-refractivity contribution in [3.8, 4) is 0 Å². The third kappa shape index (κ3) is 4.47. The largest absolute Gasteiger partial charge is 0.393 e. The van der Waals surface area contributed by atoms with Crippen molar-refractivity contribution in [3.63, 3.8) is 0 Å². The Bertz CT molecular complexity index is 533. The third-order valence-corrected chi connectivity index (χ3v) is 4.44. The highest BCUT2D eigenvalue weighted by Crippen LogP contribution is 2.28. The second-order valence-corrected chi connectivity index (χ2v) is 6.34. The Balaban J connectivity index is 2.09. The van der Waals surface area contributed by atoms with Gasteiger partial charge in [-0.2, -0.15) is 0 Å². The van der Waals surface area contributed by atoms with Crippen molar-refractivity contribution < 1.29 is 9.90 Å². The van der Waals surface area contributed by atoms with Gasteiger partial charge in [-0.1, -0.05) is 35.8 Å². The maximum atomic E-state index is 12.0. The molecule has 0 saturated heterocycles. The molecule has 2 unspecified atom stereocenters. The smallest absolute Gasteiger partial charge is 0.246 e. The van der Waals surface area contributed by atoms with E-state index < -0.39 is 0 Å². The van der Waals surface area contributed by atoms with Gasteiger partial charge >= 0.3 is 0 Å². The number of aliphatic hydroxyl groups excluding tert-OH is 1. The molecule has 3 nitrogen and oxygen atoms in total. The molecule has 2 atom stereocenters. The number of hydrogen-bond donors (Lipinski definition) is 1. The van der Waals surface area contributed by atoms with Crippen molar-refractivity contribution in [2.24, 2.45) is 5.92 Å². The van der Waals surface area contributed by atoms with Crippen LogP contribution in [0.1, 0.15) is 24.8 Å². The molecule has 1 saturated carbocycles. The van der Waals surface area contributed by atoms with E-state index in [0.29, 0.717) is 29.1 Å². The van der Waals surface area contributed by atoms with E-state index in [0.717, 1.165) is 24.8 Å². The molecular formula is C16H19Cl2NO2. The summed E-state index contributed by atoms with van der Waals surface area (Å²) >= 11 is 12.1. The molecule has 1 fully saturated rings. The first-order valence-electron chi connectivity index (χ1n) is 7.03. The van der Waals surface area contributed by atoms with E-state index in [2.05, 4.69) is 6.58 Å². The van der Waals surface area contributed by atoms with Gasteiger partial charge in [-0.05, 0) is 49.0 Å². The van der Waals surface area contributed by atoms with E-state index in [4.69, 9.17) is 23.2 Å². The molecule has 1 aromatic carbocycles. The fourth-order valence-electron chi connectivity index (χ4n) is 2.74. The number of amides is 1. The second kappa shape index (κ2) is 7.30. The molecule has 114 valence electrons. The molecule has 1 aliphatic rings. The Kier molecular flexibility index (Phi) is 5.68. The summed E-state index contributed by atoms with van der Waals surface area (Å²) in [6.07, 6.45) is 3.57. The van der Waals surface area contributed by atoms with E-state index in [1.807, 2.05) is 6.07 Å². The summed E-state index contributed by atoms with van der Waals surface area (Å²) in [4.78, 5) is 13.8. The highest BCUT2D eigenvalue weighted by Gasteiger charge is 2.26. The maximum Gasteiger partial charge on any atom is 0.246 e. The van der Waals surface area contributed by atoms with Crippen LogP contribution >= 0.6 is 23.2 Å². The van der Waals surface area contributed by atoms with Gasteiger partial charge in [0.25, 0.3) is 0 Å². The zero-order chi connectivity index (χ0) is 15.4. The predicted octanol–water partition coefficient (Wildman–Crippen LogP) is 3.67. The molecule has 0 aliphatic heterocycles. The Morgan fingerprint density at radius 3 is 2.76 bits per heavy atom. The Morgan fingerprint density at radius 2 is 2.19 bits per heavy atom. The predicted molar refractivity (Wildman–Crippen MR) is 85.4 cm³/mol. The van der Waals surface area contributed by atoms with E-state index in [1.165, 1.54) is 6.08 Å². The molecule has 21 heavy (non-hydrogen) atoms. The molecule has 0 aromatic heterocycles. The van der Waals surface area contributed by atoms with Gasteiger partial charge < -0.3 is 10.0 Å². The first-order chi connectivity index (χ1) is 9.99. The molecule has 0 spiro atoms. The molecule has 5 heteroatoms. The molecule has 0 heterocycles. The monoisotopic (exact) mass is 327 g/mol. The van der Waals surface area contributed by atoms with Gasteiger partial charge in [-0.15, -0.1) is 0 Å². The lowest BCUT2D eigenvalue weighted by Crippen LogP contribution is -2.33. The van der Waals surface area contributed by atoms with Gasteiger partial charge in [-0.3, -0.25) is 4.79 Å². The fourth-order valence-corrected chi connectivity index (χ4v) is 3.21. The normalized spacial score (nSPS) is 21.3. The van der Waals surface area contributed by atoms with Crippen molar-refractivity contribution in [1.29, 1.82) is 0 Å². The second-order valence-electron chi connectivity index (χ2n) is 5.49. The Labute approximate surface area is 135 Å². The summed E-state index contributed by atoms with van der Waals surface area (Å²) in [6.45, 7) is 4.59. The van der Waals surface area contributed by atoms with Crippen molar-refractivity contribution in [2.75, 3.05) is 6.54 Å². The van der Waals surface area contributed by atoms with Crippen LogP contribution in [0, 0.1) is 5.92 Å². The van der Waals surface area contributed by atoms with Gasteiger partial charge in [0.2, 0.25) is 5.91 Å². The van der Waals surface area contributed by atoms with Crippen LogP contribution in [0.3, 0.4) is 0 Å². The van der Waals surface area contributed by atoms with Crippen LogP contribution in [0.5, 0.6) is 0 Å². The molecule has 1 N–H and O–H groups in total. The average molecular weight is 328 g/mol. The van der Waals surface area contributed by atoms with Crippen LogP contribution in [0.15, 0.2) is 30.9 Å². The number of carbonyl (C=O) groups is 1. The molecule has 2 rings (SSSR count). The summed E-state index contributed by atoms with van der Waals surface area (Å²) in [5.74, 6) is 0.206. The van der Waals surface area contributed by atoms with E-state index in [1.54, 1.807) is 17.0 Å². The molecule has 0 radical (unpaired) electrons. The summed E-state index contributed by atoms with van der Waals surface area (Å²) in [6, 6.07) is 5.27. The minimum Gasteiger partial charge on any atom is -0.393 e. The number of halogens is 2. The molecule has 1 aliphatic carbocycles. The number of rotatable bonds is 5. The van der Waals surface area contributed by atoms with Crippen LogP contribution in [0.2, 0.25) is 10.0 Å². The first-order valence-corrected chi connectivity index (χ1v) is 7.78. The van der Waals surface area contributed by atoms with Gasteiger partial charge in [-0.25, -0.2) is 0 Å².